The van der Waals surface area contributed by atoms with E-state index in [9.17, 15) is 0 Å². The summed E-state index contributed by atoms with van der Waals surface area (Å²) in [6, 6.07) is 14.4. The molecule has 0 aliphatic carbocycles. The molecule has 1 aliphatic heterocycles. The first-order valence-electron chi connectivity index (χ1n) is 5.81. The first-order chi connectivity index (χ1) is 8.36. The van der Waals surface area contributed by atoms with Crippen LogP contribution in [-0.4, -0.2) is 13.2 Å². The highest BCUT2D eigenvalue weighted by Gasteiger charge is 2.18. The van der Waals surface area contributed by atoms with E-state index in [1.165, 1.54) is 11.1 Å². The van der Waals surface area contributed by atoms with Gasteiger partial charge in [-0.1, -0.05) is 36.4 Å². The van der Waals surface area contributed by atoms with Gasteiger partial charge in [0.25, 0.3) is 0 Å². The van der Waals surface area contributed by atoms with E-state index in [0.717, 1.165) is 17.1 Å². The fraction of sp³-hybridized carbons (Fsp3) is 0.200. The second-order valence-corrected chi connectivity index (χ2v) is 4.15. The number of aryl methyl sites for hydroxylation is 1. The molecule has 0 spiro atoms. The molecule has 2 aromatic rings. The van der Waals surface area contributed by atoms with Crippen molar-refractivity contribution in [3.05, 3.63) is 48.0 Å². The first kappa shape index (κ1) is 10.2. The van der Waals surface area contributed by atoms with E-state index in [-0.39, 0.29) is 0 Å². The molecule has 3 rings (SSSR count). The molecule has 2 nitrogen and oxygen atoms in total. The van der Waals surface area contributed by atoms with Crippen LogP contribution in [-0.2, 0) is 0 Å². The second kappa shape index (κ2) is 4.13. The van der Waals surface area contributed by atoms with Gasteiger partial charge in [-0.25, -0.2) is 0 Å². The lowest BCUT2D eigenvalue weighted by molar-refractivity contribution is 0.172. The normalized spacial score (nSPS) is 13.5. The summed E-state index contributed by atoms with van der Waals surface area (Å²) in [4.78, 5) is 0. The Morgan fingerprint density at radius 2 is 1.65 bits per heavy atom. The summed E-state index contributed by atoms with van der Waals surface area (Å²) in [6.45, 7) is 3.35. The van der Waals surface area contributed by atoms with E-state index in [1.54, 1.807) is 0 Å². The zero-order chi connectivity index (χ0) is 11.7. The molecule has 0 fully saturated rings. The molecule has 86 valence electrons. The second-order valence-electron chi connectivity index (χ2n) is 4.15. The smallest absolute Gasteiger partial charge is 0.169 e. The van der Waals surface area contributed by atoms with Gasteiger partial charge in [0, 0.05) is 5.56 Å². The third kappa shape index (κ3) is 1.76. The van der Waals surface area contributed by atoms with Crippen LogP contribution in [0.2, 0.25) is 0 Å². The molecule has 0 saturated carbocycles. The topological polar surface area (TPSA) is 18.5 Å². The molecule has 2 aromatic carbocycles. The summed E-state index contributed by atoms with van der Waals surface area (Å²) < 4.78 is 11.4. The Morgan fingerprint density at radius 3 is 2.47 bits per heavy atom. The zero-order valence-corrected chi connectivity index (χ0v) is 9.77. The van der Waals surface area contributed by atoms with Crippen molar-refractivity contribution in [3.8, 4) is 22.6 Å². The van der Waals surface area contributed by atoms with E-state index in [1.807, 2.05) is 24.3 Å². The molecular formula is C15H14O2. The highest BCUT2D eigenvalue weighted by atomic mass is 16.6. The quantitative estimate of drug-likeness (QED) is 0.741. The minimum atomic E-state index is 0.621. The largest absolute Gasteiger partial charge is 0.486 e. The third-order valence-electron chi connectivity index (χ3n) is 2.98. The van der Waals surface area contributed by atoms with Crippen LogP contribution in [0.3, 0.4) is 0 Å². The molecule has 2 heteroatoms. The van der Waals surface area contributed by atoms with E-state index in [2.05, 4.69) is 25.1 Å². The lowest BCUT2D eigenvalue weighted by Crippen LogP contribution is -2.16. The van der Waals surface area contributed by atoms with E-state index >= 15 is 0 Å². The molecule has 0 amide bonds. The van der Waals surface area contributed by atoms with Gasteiger partial charge in [0.05, 0.1) is 0 Å². The third-order valence-corrected chi connectivity index (χ3v) is 2.98. The Kier molecular flexibility index (Phi) is 2.48. The van der Waals surface area contributed by atoms with Gasteiger partial charge in [0.15, 0.2) is 11.5 Å². The van der Waals surface area contributed by atoms with Crippen LogP contribution in [0.5, 0.6) is 11.5 Å². The average molecular weight is 226 g/mol. The monoisotopic (exact) mass is 226 g/mol. The molecule has 0 aromatic heterocycles. The van der Waals surface area contributed by atoms with E-state index in [0.29, 0.717) is 13.2 Å². The average Bonchev–Trinajstić information content (AvgIpc) is 2.39. The predicted molar refractivity (Wildman–Crippen MR) is 67.6 cm³/mol. The van der Waals surface area contributed by atoms with Gasteiger partial charge in [-0.2, -0.15) is 0 Å². The van der Waals surface area contributed by atoms with Crippen LogP contribution in [0.25, 0.3) is 11.1 Å². The van der Waals surface area contributed by atoms with Crippen molar-refractivity contribution in [1.29, 1.82) is 0 Å². The number of rotatable bonds is 1. The lowest BCUT2D eigenvalue weighted by Gasteiger charge is -2.22. The Balaban J connectivity index is 2.21. The number of fused-ring (bicyclic) bond motifs is 1. The Morgan fingerprint density at radius 1 is 0.882 bits per heavy atom. The highest BCUT2D eigenvalue weighted by Crippen LogP contribution is 2.41. The lowest BCUT2D eigenvalue weighted by atomic mass is 9.99. The molecule has 0 radical (unpaired) electrons. The van der Waals surface area contributed by atoms with Gasteiger partial charge in [-0.15, -0.1) is 0 Å². The fourth-order valence-electron chi connectivity index (χ4n) is 2.18. The molecule has 1 heterocycles. The maximum atomic E-state index is 5.76. The van der Waals surface area contributed by atoms with Crippen molar-refractivity contribution >= 4 is 0 Å². The van der Waals surface area contributed by atoms with Crippen LogP contribution in [0, 0.1) is 6.92 Å². The standard InChI is InChI=1S/C15H14O2/c1-11-7-8-13-15(17-10-9-16-13)14(11)12-5-3-2-4-6-12/h2-8H,9-10H2,1H3. The van der Waals surface area contributed by atoms with Gasteiger partial charge < -0.3 is 9.47 Å². The Bertz CT molecular complexity index is 532. The molecular weight excluding hydrogens is 212 g/mol. The molecule has 0 unspecified atom stereocenters. The number of ether oxygens (including phenoxy) is 2. The van der Waals surface area contributed by atoms with Gasteiger partial charge in [0.1, 0.15) is 13.2 Å². The van der Waals surface area contributed by atoms with E-state index < -0.39 is 0 Å². The summed E-state index contributed by atoms with van der Waals surface area (Å²) in [7, 11) is 0. The first-order valence-corrected chi connectivity index (χ1v) is 5.81. The maximum Gasteiger partial charge on any atom is 0.169 e. The van der Waals surface area contributed by atoms with Crippen LogP contribution in [0.15, 0.2) is 42.5 Å². The summed E-state index contributed by atoms with van der Waals surface area (Å²) in [6.07, 6.45) is 0. The predicted octanol–water partition coefficient (Wildman–Crippen LogP) is 3.43. The van der Waals surface area contributed by atoms with Crippen LogP contribution in [0.1, 0.15) is 5.56 Å². The number of hydrogen-bond donors (Lipinski definition) is 0. The summed E-state index contributed by atoms with van der Waals surface area (Å²) in [5, 5.41) is 0. The Hall–Kier alpha value is -1.96. The SMILES string of the molecule is Cc1ccc2c(c1-c1ccccc1)OCCO2. The number of hydrogen-bond acceptors (Lipinski definition) is 2. The minimum Gasteiger partial charge on any atom is -0.486 e. The van der Waals surface area contributed by atoms with Crippen molar-refractivity contribution in [2.45, 2.75) is 6.92 Å². The van der Waals surface area contributed by atoms with Crippen molar-refractivity contribution in [3.63, 3.8) is 0 Å². The van der Waals surface area contributed by atoms with Crippen molar-refractivity contribution < 1.29 is 9.47 Å². The molecule has 0 N–H and O–H groups in total. The zero-order valence-electron chi connectivity index (χ0n) is 9.77. The summed E-state index contributed by atoms with van der Waals surface area (Å²) in [5.41, 5.74) is 3.52. The van der Waals surface area contributed by atoms with Crippen LogP contribution in [0.4, 0.5) is 0 Å². The summed E-state index contributed by atoms with van der Waals surface area (Å²) in [5.74, 6) is 1.73. The van der Waals surface area contributed by atoms with Gasteiger partial charge in [0.2, 0.25) is 0 Å². The maximum absolute atomic E-state index is 5.76. The molecule has 17 heavy (non-hydrogen) atoms. The highest BCUT2D eigenvalue weighted by molar-refractivity contribution is 5.77. The van der Waals surface area contributed by atoms with Crippen molar-refractivity contribution in [2.75, 3.05) is 13.2 Å². The number of benzene rings is 2. The van der Waals surface area contributed by atoms with Crippen LogP contribution >= 0.6 is 0 Å². The Labute approximate surface area is 101 Å². The molecule has 0 bridgehead atoms. The van der Waals surface area contributed by atoms with Crippen LogP contribution < -0.4 is 9.47 Å². The molecule has 0 saturated heterocycles. The summed E-state index contributed by atoms with van der Waals surface area (Å²) >= 11 is 0. The van der Waals surface area contributed by atoms with Gasteiger partial charge in [-0.05, 0) is 24.1 Å². The molecule has 0 atom stereocenters. The van der Waals surface area contributed by atoms with E-state index in [4.69, 9.17) is 9.47 Å². The van der Waals surface area contributed by atoms with Crippen molar-refractivity contribution in [1.82, 2.24) is 0 Å². The van der Waals surface area contributed by atoms with Gasteiger partial charge in [-0.3, -0.25) is 0 Å². The van der Waals surface area contributed by atoms with Crippen molar-refractivity contribution in [2.24, 2.45) is 0 Å². The molecule has 1 aliphatic rings. The minimum absolute atomic E-state index is 0.621. The fourth-order valence-corrected chi connectivity index (χ4v) is 2.18. The van der Waals surface area contributed by atoms with Gasteiger partial charge >= 0.3 is 0 Å².